The molecule has 8 aromatic carbocycles. The molecule has 0 aliphatic heterocycles. The highest BCUT2D eigenvalue weighted by molar-refractivity contribution is 6.19. The van der Waals surface area contributed by atoms with Gasteiger partial charge in [-0.15, -0.1) is 0 Å². The van der Waals surface area contributed by atoms with Crippen LogP contribution in [0.3, 0.4) is 0 Å². The largest absolute Gasteiger partial charge is 0.456 e. The normalized spacial score (nSPS) is 11.7. The van der Waals surface area contributed by atoms with E-state index in [2.05, 4.69) is 109 Å². The Bertz CT molecular complexity index is 3200. The highest BCUT2D eigenvalue weighted by Gasteiger charge is 2.18. The number of rotatable bonds is 5. The fourth-order valence-electron chi connectivity index (χ4n) is 7.66. The van der Waals surface area contributed by atoms with E-state index in [1.165, 1.54) is 5.56 Å². The lowest BCUT2D eigenvalue weighted by atomic mass is 9.94. The first-order valence-electron chi connectivity index (χ1n) is 18.0. The van der Waals surface area contributed by atoms with E-state index in [0.29, 0.717) is 17.5 Å². The topological polar surface area (TPSA) is 65.0 Å². The first kappa shape index (κ1) is 30.3. The van der Waals surface area contributed by atoms with Crippen molar-refractivity contribution in [1.29, 1.82) is 0 Å². The molecular formula is C49H29N3O2. The summed E-state index contributed by atoms with van der Waals surface area (Å²) >= 11 is 0. The van der Waals surface area contributed by atoms with Crippen LogP contribution in [-0.4, -0.2) is 15.0 Å². The molecule has 0 aliphatic carbocycles. The van der Waals surface area contributed by atoms with Crippen molar-refractivity contribution in [1.82, 2.24) is 15.0 Å². The lowest BCUT2D eigenvalue weighted by Gasteiger charge is -2.11. The van der Waals surface area contributed by atoms with Crippen molar-refractivity contribution in [3.63, 3.8) is 0 Å². The summed E-state index contributed by atoms with van der Waals surface area (Å²) in [5.41, 5.74) is 10.8. The van der Waals surface area contributed by atoms with Crippen LogP contribution in [0.15, 0.2) is 185 Å². The summed E-state index contributed by atoms with van der Waals surface area (Å²) in [5.74, 6) is 1.83. The molecule has 0 spiro atoms. The first-order valence-corrected chi connectivity index (χ1v) is 18.0. The molecule has 3 heterocycles. The molecule has 5 heteroatoms. The van der Waals surface area contributed by atoms with Gasteiger partial charge in [-0.25, -0.2) is 15.0 Å². The van der Waals surface area contributed by atoms with Crippen LogP contribution in [0.2, 0.25) is 0 Å². The fraction of sp³-hybridized carbons (Fsp3) is 0. The van der Waals surface area contributed by atoms with Gasteiger partial charge in [-0.05, 0) is 70.1 Å². The van der Waals surface area contributed by atoms with Gasteiger partial charge in [0, 0.05) is 43.6 Å². The van der Waals surface area contributed by atoms with Crippen molar-refractivity contribution in [3.05, 3.63) is 176 Å². The number of hydrogen-bond acceptors (Lipinski definition) is 5. The standard InChI is InChI=1S/C49H29N3O2/c1-3-11-30(12-4-1)34-23-25-45-41(27-34)42-29-39(36-15-7-8-17-38(36)46(42)54-45)31-19-21-33(22-20-31)48-50-47(32-13-5-2-6-14-32)51-49(52-48)35-24-26-44-40(28-35)37-16-9-10-18-43(37)53-44/h1-29H. The van der Waals surface area contributed by atoms with E-state index in [1.807, 2.05) is 66.7 Å². The van der Waals surface area contributed by atoms with Gasteiger partial charge in [0.15, 0.2) is 17.5 Å². The molecule has 11 rings (SSSR count). The van der Waals surface area contributed by atoms with E-state index < -0.39 is 0 Å². The van der Waals surface area contributed by atoms with E-state index in [9.17, 15) is 0 Å². The number of benzene rings is 8. The van der Waals surface area contributed by atoms with E-state index in [-0.39, 0.29) is 0 Å². The minimum atomic E-state index is 0.605. The molecule has 54 heavy (non-hydrogen) atoms. The first-order chi connectivity index (χ1) is 26.7. The third kappa shape index (κ3) is 4.98. The van der Waals surface area contributed by atoms with Crippen LogP contribution in [0.4, 0.5) is 0 Å². The second-order valence-corrected chi connectivity index (χ2v) is 13.6. The molecule has 252 valence electrons. The maximum Gasteiger partial charge on any atom is 0.164 e. The predicted octanol–water partition coefficient (Wildman–Crippen LogP) is 13.2. The van der Waals surface area contributed by atoms with Crippen molar-refractivity contribution in [2.45, 2.75) is 0 Å². The van der Waals surface area contributed by atoms with Crippen LogP contribution in [0.25, 0.3) is 111 Å². The van der Waals surface area contributed by atoms with E-state index in [1.54, 1.807) is 0 Å². The van der Waals surface area contributed by atoms with Gasteiger partial charge >= 0.3 is 0 Å². The van der Waals surface area contributed by atoms with E-state index in [4.69, 9.17) is 23.8 Å². The molecule has 0 aliphatic rings. The Morgan fingerprint density at radius 2 is 0.759 bits per heavy atom. The highest BCUT2D eigenvalue weighted by atomic mass is 16.3. The van der Waals surface area contributed by atoms with Gasteiger partial charge < -0.3 is 8.83 Å². The molecular weight excluding hydrogens is 663 g/mol. The Hall–Kier alpha value is -7.37. The summed E-state index contributed by atoms with van der Waals surface area (Å²) < 4.78 is 12.6. The smallest absolute Gasteiger partial charge is 0.164 e. The predicted molar refractivity (Wildman–Crippen MR) is 219 cm³/mol. The van der Waals surface area contributed by atoms with Crippen LogP contribution in [0, 0.1) is 0 Å². The van der Waals surface area contributed by atoms with Crippen molar-refractivity contribution < 1.29 is 8.83 Å². The van der Waals surface area contributed by atoms with Gasteiger partial charge in [0.05, 0.1) is 0 Å². The second-order valence-electron chi connectivity index (χ2n) is 13.6. The third-order valence-corrected chi connectivity index (χ3v) is 10.3. The number of para-hydroxylation sites is 1. The summed E-state index contributed by atoms with van der Waals surface area (Å²) in [6.45, 7) is 0. The number of hydrogen-bond donors (Lipinski definition) is 0. The Morgan fingerprint density at radius 3 is 1.50 bits per heavy atom. The fourth-order valence-corrected chi connectivity index (χ4v) is 7.66. The summed E-state index contributed by atoms with van der Waals surface area (Å²) in [4.78, 5) is 15.0. The van der Waals surface area contributed by atoms with Crippen molar-refractivity contribution in [2.75, 3.05) is 0 Å². The molecule has 0 N–H and O–H groups in total. The molecule has 0 bridgehead atoms. The van der Waals surface area contributed by atoms with Crippen molar-refractivity contribution in [3.8, 4) is 56.4 Å². The van der Waals surface area contributed by atoms with Gasteiger partial charge in [-0.1, -0.05) is 133 Å². The average Bonchev–Trinajstić information content (AvgIpc) is 3.82. The zero-order valence-corrected chi connectivity index (χ0v) is 28.9. The van der Waals surface area contributed by atoms with E-state index >= 15 is 0 Å². The molecule has 3 aromatic heterocycles. The lowest BCUT2D eigenvalue weighted by Crippen LogP contribution is -2.00. The summed E-state index contributed by atoms with van der Waals surface area (Å²) in [6, 6.07) is 60.5. The van der Waals surface area contributed by atoms with Crippen LogP contribution < -0.4 is 0 Å². The Kier molecular flexibility index (Phi) is 6.79. The van der Waals surface area contributed by atoms with Crippen LogP contribution in [0.5, 0.6) is 0 Å². The molecule has 0 radical (unpaired) electrons. The number of fused-ring (bicyclic) bond motifs is 8. The summed E-state index contributed by atoms with van der Waals surface area (Å²) in [7, 11) is 0. The molecule has 0 saturated carbocycles. The third-order valence-electron chi connectivity index (χ3n) is 10.3. The molecule has 5 nitrogen and oxygen atoms in total. The highest BCUT2D eigenvalue weighted by Crippen LogP contribution is 2.41. The van der Waals surface area contributed by atoms with Crippen LogP contribution in [-0.2, 0) is 0 Å². The summed E-state index contributed by atoms with van der Waals surface area (Å²) in [5, 5.41) is 6.51. The Labute approximate surface area is 309 Å². The van der Waals surface area contributed by atoms with Gasteiger partial charge in [-0.3, -0.25) is 0 Å². The maximum absolute atomic E-state index is 6.53. The molecule has 0 unspecified atom stereocenters. The number of aromatic nitrogens is 3. The van der Waals surface area contributed by atoms with Gasteiger partial charge in [-0.2, -0.15) is 0 Å². The Balaban J connectivity index is 1.04. The number of furan rings is 2. The minimum Gasteiger partial charge on any atom is -0.456 e. The molecule has 0 atom stereocenters. The monoisotopic (exact) mass is 691 g/mol. The lowest BCUT2D eigenvalue weighted by molar-refractivity contribution is 0.669. The molecule has 0 amide bonds. The zero-order chi connectivity index (χ0) is 35.6. The van der Waals surface area contributed by atoms with Gasteiger partial charge in [0.2, 0.25) is 0 Å². The van der Waals surface area contributed by atoms with Gasteiger partial charge in [0.25, 0.3) is 0 Å². The van der Waals surface area contributed by atoms with Crippen molar-refractivity contribution >= 4 is 54.6 Å². The van der Waals surface area contributed by atoms with Crippen LogP contribution >= 0.6 is 0 Å². The zero-order valence-electron chi connectivity index (χ0n) is 28.9. The Morgan fingerprint density at radius 1 is 0.278 bits per heavy atom. The number of nitrogens with zero attached hydrogens (tertiary/aromatic N) is 3. The molecule has 0 fully saturated rings. The quantitative estimate of drug-likeness (QED) is 0.180. The van der Waals surface area contributed by atoms with Gasteiger partial charge in [0.1, 0.15) is 22.3 Å². The average molecular weight is 692 g/mol. The molecule has 0 saturated heterocycles. The van der Waals surface area contributed by atoms with Crippen LogP contribution in [0.1, 0.15) is 0 Å². The summed E-state index contributed by atoms with van der Waals surface area (Å²) in [6.07, 6.45) is 0. The van der Waals surface area contributed by atoms with Crippen molar-refractivity contribution in [2.24, 2.45) is 0 Å². The SMILES string of the molecule is c1ccc(-c2ccc3oc4c5ccccc5c(-c5ccc(-c6nc(-c7ccccc7)nc(-c7ccc8oc9ccccc9c8c7)n6)cc5)cc4c3c2)cc1. The molecule has 11 aromatic rings. The second kappa shape index (κ2) is 12.1. The van der Waals surface area contributed by atoms with E-state index in [0.717, 1.165) is 88.0 Å². The minimum absolute atomic E-state index is 0.605. The maximum atomic E-state index is 6.53.